The molecule has 0 aromatic heterocycles. The van der Waals surface area contributed by atoms with E-state index in [0.29, 0.717) is 13.3 Å². The van der Waals surface area contributed by atoms with Crippen molar-refractivity contribution in [2.75, 3.05) is 5.75 Å². The zero-order valence-corrected chi connectivity index (χ0v) is 19.8. The lowest BCUT2D eigenvalue weighted by molar-refractivity contribution is -0.261. The number of carbonyl (C=O) groups is 2. The SMILES string of the molecule is CCC(CC(C)(C)C(=O)OC(C)CC(C)(O)C(F)(F)F)C(=O)NC(C)(C)CS(=O)(=O)O. The highest BCUT2D eigenvalue weighted by atomic mass is 32.2. The summed E-state index contributed by atoms with van der Waals surface area (Å²) in [6.45, 7) is 9.29. The van der Waals surface area contributed by atoms with Crippen molar-refractivity contribution in [3.8, 4) is 0 Å². The van der Waals surface area contributed by atoms with E-state index in [0.717, 1.165) is 0 Å². The first-order valence-corrected chi connectivity index (χ1v) is 11.4. The molecule has 12 heteroatoms. The van der Waals surface area contributed by atoms with Crippen molar-refractivity contribution in [1.29, 1.82) is 0 Å². The van der Waals surface area contributed by atoms with Crippen LogP contribution in [0.15, 0.2) is 0 Å². The first kappa shape index (κ1) is 29.6. The summed E-state index contributed by atoms with van der Waals surface area (Å²) in [5, 5.41) is 12.1. The fraction of sp³-hybridized carbons (Fsp3) is 0.895. The summed E-state index contributed by atoms with van der Waals surface area (Å²) in [6.07, 6.45) is -6.68. The van der Waals surface area contributed by atoms with Crippen molar-refractivity contribution in [3.05, 3.63) is 0 Å². The fourth-order valence-electron chi connectivity index (χ4n) is 3.11. The van der Waals surface area contributed by atoms with E-state index in [4.69, 9.17) is 9.29 Å². The lowest BCUT2D eigenvalue weighted by Gasteiger charge is -2.33. The summed E-state index contributed by atoms with van der Waals surface area (Å²) >= 11 is 0. The minimum atomic E-state index is -4.89. The van der Waals surface area contributed by atoms with Crippen LogP contribution in [0.5, 0.6) is 0 Å². The Labute approximate surface area is 181 Å². The van der Waals surface area contributed by atoms with Crippen molar-refractivity contribution in [2.45, 2.75) is 91.1 Å². The Morgan fingerprint density at radius 1 is 1.06 bits per heavy atom. The number of halogens is 3. The smallest absolute Gasteiger partial charge is 0.417 e. The molecule has 0 aromatic carbocycles. The van der Waals surface area contributed by atoms with Gasteiger partial charge in [-0.25, -0.2) is 0 Å². The van der Waals surface area contributed by atoms with Crippen LogP contribution in [0, 0.1) is 11.3 Å². The quantitative estimate of drug-likeness (QED) is 0.308. The molecule has 3 unspecified atom stereocenters. The topological polar surface area (TPSA) is 130 Å². The molecule has 0 heterocycles. The second kappa shape index (κ2) is 10.0. The van der Waals surface area contributed by atoms with Gasteiger partial charge in [0.25, 0.3) is 10.1 Å². The van der Waals surface area contributed by atoms with E-state index in [1.807, 2.05) is 0 Å². The van der Waals surface area contributed by atoms with Crippen molar-refractivity contribution in [2.24, 2.45) is 11.3 Å². The zero-order valence-electron chi connectivity index (χ0n) is 19.0. The Morgan fingerprint density at radius 2 is 1.55 bits per heavy atom. The van der Waals surface area contributed by atoms with Crippen molar-refractivity contribution < 1.29 is 45.6 Å². The van der Waals surface area contributed by atoms with Crippen molar-refractivity contribution in [3.63, 3.8) is 0 Å². The summed E-state index contributed by atoms with van der Waals surface area (Å²) in [5.74, 6) is -2.80. The molecule has 0 aromatic rings. The van der Waals surface area contributed by atoms with Gasteiger partial charge in [-0.2, -0.15) is 21.6 Å². The predicted molar refractivity (Wildman–Crippen MR) is 108 cm³/mol. The number of nitrogens with one attached hydrogen (secondary N) is 1. The van der Waals surface area contributed by atoms with E-state index < -0.39 is 68.9 Å². The Balaban J connectivity index is 5.17. The molecule has 0 radical (unpaired) electrons. The molecule has 0 fully saturated rings. The Kier molecular flexibility index (Phi) is 9.58. The van der Waals surface area contributed by atoms with Crippen LogP contribution in [0.3, 0.4) is 0 Å². The Morgan fingerprint density at radius 3 is 1.94 bits per heavy atom. The monoisotopic (exact) mass is 477 g/mol. The largest absolute Gasteiger partial charge is 0.462 e. The molecule has 0 saturated heterocycles. The normalized spacial score (nSPS) is 17.4. The lowest BCUT2D eigenvalue weighted by Crippen LogP contribution is -2.51. The van der Waals surface area contributed by atoms with Gasteiger partial charge < -0.3 is 15.2 Å². The second-order valence-corrected chi connectivity index (χ2v) is 10.9. The molecule has 0 aliphatic rings. The van der Waals surface area contributed by atoms with Gasteiger partial charge in [0.05, 0.1) is 16.7 Å². The fourth-order valence-corrected chi connectivity index (χ4v) is 4.09. The number of alkyl halides is 3. The van der Waals surface area contributed by atoms with Gasteiger partial charge in [0.2, 0.25) is 5.91 Å². The molecule has 0 saturated carbocycles. The second-order valence-electron chi connectivity index (χ2n) is 9.48. The Hall–Kier alpha value is -1.40. The highest BCUT2D eigenvalue weighted by Crippen LogP contribution is 2.35. The Bertz CT molecular complexity index is 746. The summed E-state index contributed by atoms with van der Waals surface area (Å²) in [7, 11) is -4.34. The number of hydrogen-bond acceptors (Lipinski definition) is 6. The standard InChI is InChI=1S/C19H34F3NO7S/c1-8-13(14(24)23-17(5,6)11-31(27,28)29)10-16(3,4)15(25)30-12(2)9-18(7,26)19(20,21)22/h12-13,26H,8-11H2,1-7H3,(H,23,24)(H,27,28,29). The van der Waals surface area contributed by atoms with Crippen LogP contribution in [0.25, 0.3) is 0 Å². The molecule has 0 bridgehead atoms. The summed E-state index contributed by atoms with van der Waals surface area (Å²) in [6, 6.07) is 0. The van der Waals surface area contributed by atoms with E-state index in [9.17, 15) is 36.3 Å². The van der Waals surface area contributed by atoms with Gasteiger partial charge >= 0.3 is 12.1 Å². The van der Waals surface area contributed by atoms with Gasteiger partial charge in [0, 0.05) is 12.3 Å². The van der Waals surface area contributed by atoms with Crippen LogP contribution < -0.4 is 5.32 Å². The van der Waals surface area contributed by atoms with Crippen LogP contribution >= 0.6 is 0 Å². The van der Waals surface area contributed by atoms with Gasteiger partial charge in [-0.3, -0.25) is 14.1 Å². The van der Waals surface area contributed by atoms with Crippen LogP contribution in [0.1, 0.15) is 67.7 Å². The number of ether oxygens (including phenoxy) is 1. The van der Waals surface area contributed by atoms with E-state index in [1.165, 1.54) is 34.6 Å². The van der Waals surface area contributed by atoms with E-state index in [2.05, 4.69) is 5.32 Å². The molecule has 3 atom stereocenters. The predicted octanol–water partition coefficient (Wildman–Crippen LogP) is 2.85. The maximum absolute atomic E-state index is 12.8. The zero-order chi connectivity index (χ0) is 25.1. The molecule has 3 N–H and O–H groups in total. The molecule has 0 aliphatic heterocycles. The highest BCUT2D eigenvalue weighted by molar-refractivity contribution is 7.85. The maximum Gasteiger partial charge on any atom is 0.417 e. The van der Waals surface area contributed by atoms with Gasteiger partial charge in [-0.05, 0) is 54.4 Å². The number of rotatable bonds is 11. The van der Waals surface area contributed by atoms with Crippen LogP contribution in [0.4, 0.5) is 13.2 Å². The van der Waals surface area contributed by atoms with Crippen molar-refractivity contribution >= 4 is 22.0 Å². The average Bonchev–Trinajstić information content (AvgIpc) is 2.47. The minimum absolute atomic E-state index is 0.0154. The molecule has 0 aliphatic carbocycles. The maximum atomic E-state index is 12.8. The van der Waals surface area contributed by atoms with E-state index in [1.54, 1.807) is 6.92 Å². The molecule has 184 valence electrons. The lowest BCUT2D eigenvalue weighted by atomic mass is 9.81. The number of hydrogen-bond donors (Lipinski definition) is 3. The van der Waals surface area contributed by atoms with E-state index in [-0.39, 0.29) is 6.42 Å². The van der Waals surface area contributed by atoms with Crippen LogP contribution in [0.2, 0.25) is 0 Å². The van der Waals surface area contributed by atoms with Crippen molar-refractivity contribution in [1.82, 2.24) is 5.32 Å². The average molecular weight is 478 g/mol. The summed E-state index contributed by atoms with van der Waals surface area (Å²) in [4.78, 5) is 25.1. The third-order valence-electron chi connectivity index (χ3n) is 4.78. The number of esters is 1. The molecule has 8 nitrogen and oxygen atoms in total. The molecule has 1 amide bonds. The number of carbonyl (C=O) groups excluding carboxylic acids is 2. The first-order chi connectivity index (χ1) is 13.5. The van der Waals surface area contributed by atoms with Gasteiger partial charge in [-0.1, -0.05) is 6.92 Å². The van der Waals surface area contributed by atoms with Gasteiger partial charge in [0.15, 0.2) is 5.60 Å². The molecular formula is C19H34F3NO7S. The van der Waals surface area contributed by atoms with Crippen LogP contribution in [-0.4, -0.2) is 59.1 Å². The number of aliphatic hydroxyl groups is 1. The minimum Gasteiger partial charge on any atom is -0.462 e. The molecule has 0 spiro atoms. The highest BCUT2D eigenvalue weighted by Gasteiger charge is 2.51. The number of amides is 1. The summed E-state index contributed by atoms with van der Waals surface area (Å²) < 4.78 is 74.8. The van der Waals surface area contributed by atoms with Gasteiger partial charge in [-0.15, -0.1) is 0 Å². The van der Waals surface area contributed by atoms with Gasteiger partial charge in [0.1, 0.15) is 6.10 Å². The molecular weight excluding hydrogens is 443 g/mol. The first-order valence-electron chi connectivity index (χ1n) is 9.80. The van der Waals surface area contributed by atoms with Crippen LogP contribution in [-0.2, 0) is 24.4 Å². The molecule has 31 heavy (non-hydrogen) atoms. The summed E-state index contributed by atoms with van der Waals surface area (Å²) in [5.41, 5.74) is -5.54. The molecule has 0 rings (SSSR count). The third-order valence-corrected chi connectivity index (χ3v) is 5.87. The third kappa shape index (κ3) is 10.2. The van der Waals surface area contributed by atoms with E-state index >= 15 is 0 Å².